The summed E-state index contributed by atoms with van der Waals surface area (Å²) in [5.41, 5.74) is 0. The van der Waals surface area contributed by atoms with E-state index in [1.54, 1.807) is 0 Å². The molecule has 0 amide bonds. The van der Waals surface area contributed by atoms with Gasteiger partial charge in [-0.25, -0.2) is 0 Å². The molecular formula is C8H12O2S. The quantitative estimate of drug-likeness (QED) is 0.555. The zero-order chi connectivity index (χ0) is 7.73. The highest BCUT2D eigenvalue weighted by molar-refractivity contribution is 8.00. The summed E-state index contributed by atoms with van der Waals surface area (Å²) >= 11 is 1.83. The molecule has 62 valence electrons. The second-order valence-electron chi connectivity index (χ2n) is 3.18. The molecule has 1 saturated heterocycles. The second kappa shape index (κ2) is 2.79. The van der Waals surface area contributed by atoms with Crippen molar-refractivity contribution in [2.24, 2.45) is 0 Å². The van der Waals surface area contributed by atoms with Crippen molar-refractivity contribution >= 4 is 17.5 Å². The van der Waals surface area contributed by atoms with Gasteiger partial charge in [0.1, 0.15) is 10.7 Å². The Bertz CT molecular complexity index is 173. The molecule has 0 unspecified atom stereocenters. The zero-order valence-electron chi connectivity index (χ0n) is 6.47. The molecule has 2 nitrogen and oxygen atoms in total. The lowest BCUT2D eigenvalue weighted by molar-refractivity contribution is -0.125. The van der Waals surface area contributed by atoms with Gasteiger partial charge >= 0.3 is 0 Å². The summed E-state index contributed by atoms with van der Waals surface area (Å²) in [6, 6.07) is 0. The van der Waals surface area contributed by atoms with Crippen molar-refractivity contribution in [2.45, 2.75) is 30.6 Å². The predicted octanol–water partition coefficient (Wildman–Crippen LogP) is 1.59. The van der Waals surface area contributed by atoms with Crippen LogP contribution in [-0.4, -0.2) is 23.1 Å². The first-order chi connectivity index (χ1) is 5.31. The predicted molar refractivity (Wildman–Crippen MR) is 44.6 cm³/mol. The monoisotopic (exact) mass is 172 g/mol. The summed E-state index contributed by atoms with van der Waals surface area (Å²) in [6.07, 6.45) is 3.51. The van der Waals surface area contributed by atoms with Crippen molar-refractivity contribution < 1.29 is 9.53 Å². The van der Waals surface area contributed by atoms with E-state index in [4.69, 9.17) is 4.74 Å². The van der Waals surface area contributed by atoms with E-state index in [2.05, 4.69) is 0 Å². The summed E-state index contributed by atoms with van der Waals surface area (Å²) in [6.45, 7) is 0.831. The Balaban J connectivity index is 2.05. The Morgan fingerprint density at radius 1 is 1.55 bits per heavy atom. The third kappa shape index (κ3) is 1.44. The molecule has 0 N–H and O–H groups in total. The Kier molecular flexibility index (Phi) is 1.93. The maximum Gasteiger partial charge on any atom is 0.136 e. The van der Waals surface area contributed by atoms with Gasteiger partial charge in [-0.05, 0) is 12.8 Å². The molecule has 3 heteroatoms. The van der Waals surface area contributed by atoms with Crippen LogP contribution < -0.4 is 0 Å². The van der Waals surface area contributed by atoms with E-state index in [1.807, 2.05) is 11.8 Å². The molecule has 0 bridgehead atoms. The Morgan fingerprint density at radius 2 is 2.45 bits per heavy atom. The van der Waals surface area contributed by atoms with Gasteiger partial charge in [0.15, 0.2) is 0 Å². The first-order valence-corrected chi connectivity index (χ1v) is 5.09. The van der Waals surface area contributed by atoms with E-state index >= 15 is 0 Å². The molecule has 2 fully saturated rings. The van der Waals surface area contributed by atoms with Gasteiger partial charge in [0.25, 0.3) is 0 Å². The highest BCUT2D eigenvalue weighted by Gasteiger charge is 2.40. The minimum absolute atomic E-state index is 0.0880. The summed E-state index contributed by atoms with van der Waals surface area (Å²) in [7, 11) is 0. The van der Waals surface area contributed by atoms with Gasteiger partial charge in [-0.1, -0.05) is 0 Å². The molecule has 1 aliphatic heterocycles. The fraction of sp³-hybridized carbons (Fsp3) is 0.875. The van der Waals surface area contributed by atoms with Crippen molar-refractivity contribution in [3.05, 3.63) is 0 Å². The third-order valence-corrected chi connectivity index (χ3v) is 3.66. The normalized spacial score (nSPS) is 38.4. The summed E-state index contributed by atoms with van der Waals surface area (Å²) in [5, 5.41) is 0. The lowest BCUT2D eigenvalue weighted by Crippen LogP contribution is -2.31. The molecule has 11 heavy (non-hydrogen) atoms. The van der Waals surface area contributed by atoms with Gasteiger partial charge in [0.2, 0.25) is 0 Å². The molecule has 1 atom stereocenters. The van der Waals surface area contributed by atoms with Gasteiger partial charge in [-0.15, -0.1) is 11.8 Å². The minimum Gasteiger partial charge on any atom is -0.363 e. The fourth-order valence-corrected chi connectivity index (χ4v) is 3.03. The van der Waals surface area contributed by atoms with E-state index in [9.17, 15) is 4.79 Å². The van der Waals surface area contributed by atoms with Crippen molar-refractivity contribution in [2.75, 3.05) is 12.4 Å². The van der Waals surface area contributed by atoms with Crippen LogP contribution in [0.2, 0.25) is 0 Å². The van der Waals surface area contributed by atoms with Crippen molar-refractivity contribution in [1.82, 2.24) is 0 Å². The van der Waals surface area contributed by atoms with Gasteiger partial charge in [-0.2, -0.15) is 0 Å². The minimum atomic E-state index is -0.0880. The summed E-state index contributed by atoms with van der Waals surface area (Å²) < 4.78 is 5.59. The van der Waals surface area contributed by atoms with E-state index in [0.29, 0.717) is 12.2 Å². The average molecular weight is 172 g/mol. The van der Waals surface area contributed by atoms with Gasteiger partial charge in [-0.3, -0.25) is 4.79 Å². The Morgan fingerprint density at radius 3 is 3.09 bits per heavy atom. The van der Waals surface area contributed by atoms with E-state index in [0.717, 1.165) is 31.6 Å². The number of ketones is 1. The first kappa shape index (κ1) is 7.62. The smallest absolute Gasteiger partial charge is 0.136 e. The number of thioether (sulfide) groups is 1. The lowest BCUT2D eigenvalue weighted by atomic mass is 9.96. The topological polar surface area (TPSA) is 26.3 Å². The maximum atomic E-state index is 11.1. The van der Waals surface area contributed by atoms with Crippen molar-refractivity contribution in [1.29, 1.82) is 0 Å². The molecule has 0 aromatic heterocycles. The number of carbonyl (C=O) groups excluding carboxylic acids is 1. The van der Waals surface area contributed by atoms with Crippen LogP contribution in [-0.2, 0) is 9.53 Å². The highest BCUT2D eigenvalue weighted by Crippen LogP contribution is 2.43. The van der Waals surface area contributed by atoms with Crippen LogP contribution >= 0.6 is 11.8 Å². The molecule has 2 aliphatic rings. The molecule has 1 saturated carbocycles. The van der Waals surface area contributed by atoms with Crippen molar-refractivity contribution in [3.63, 3.8) is 0 Å². The van der Waals surface area contributed by atoms with Gasteiger partial charge in [0.05, 0.1) is 6.61 Å². The van der Waals surface area contributed by atoms with Crippen LogP contribution in [0.1, 0.15) is 25.7 Å². The fourth-order valence-electron chi connectivity index (χ4n) is 1.78. The van der Waals surface area contributed by atoms with Crippen LogP contribution in [0.4, 0.5) is 0 Å². The Labute approximate surface area is 70.7 Å². The zero-order valence-corrected chi connectivity index (χ0v) is 7.28. The third-order valence-electron chi connectivity index (χ3n) is 2.29. The van der Waals surface area contributed by atoms with E-state index in [1.165, 1.54) is 0 Å². The van der Waals surface area contributed by atoms with Crippen LogP contribution in [0.25, 0.3) is 0 Å². The summed E-state index contributed by atoms with van der Waals surface area (Å²) in [5.74, 6) is 1.44. The Hall–Kier alpha value is -0.0200. The van der Waals surface area contributed by atoms with E-state index < -0.39 is 0 Å². The molecule has 0 aromatic rings. The molecule has 2 rings (SSSR count). The van der Waals surface area contributed by atoms with Crippen molar-refractivity contribution in [3.8, 4) is 0 Å². The number of rotatable bonds is 0. The van der Waals surface area contributed by atoms with Crippen LogP contribution in [0.3, 0.4) is 0 Å². The van der Waals surface area contributed by atoms with E-state index in [-0.39, 0.29) is 4.93 Å². The van der Waals surface area contributed by atoms with Crippen LogP contribution in [0.5, 0.6) is 0 Å². The number of hydrogen-bond donors (Lipinski definition) is 0. The molecular weight excluding hydrogens is 160 g/mol. The molecule has 1 spiro atoms. The number of ether oxygens (including phenoxy) is 1. The largest absolute Gasteiger partial charge is 0.363 e. The SMILES string of the molecule is O=C1CCC[C@]2(C1)OCCS2. The summed E-state index contributed by atoms with van der Waals surface area (Å²) in [4.78, 5) is 11.0. The maximum absolute atomic E-state index is 11.1. The number of carbonyl (C=O) groups is 1. The van der Waals surface area contributed by atoms with Gasteiger partial charge < -0.3 is 4.74 Å². The molecule has 0 radical (unpaired) electrons. The standard InChI is InChI=1S/C8H12O2S/c9-7-2-1-3-8(6-7)10-4-5-11-8/h1-6H2/t8-/m0/s1. The highest BCUT2D eigenvalue weighted by atomic mass is 32.2. The molecule has 1 aliphatic carbocycles. The van der Waals surface area contributed by atoms with Crippen LogP contribution in [0, 0.1) is 0 Å². The first-order valence-electron chi connectivity index (χ1n) is 4.10. The van der Waals surface area contributed by atoms with Crippen LogP contribution in [0.15, 0.2) is 0 Å². The average Bonchev–Trinajstić information content (AvgIpc) is 2.37. The lowest BCUT2D eigenvalue weighted by Gasteiger charge is -2.30. The second-order valence-corrected chi connectivity index (χ2v) is 4.62. The molecule has 0 aromatic carbocycles. The molecule has 1 heterocycles. The number of Topliss-reactive ketones (excluding diaryl/α,β-unsaturated/α-hetero) is 1. The van der Waals surface area contributed by atoms with Gasteiger partial charge in [0, 0.05) is 18.6 Å². The number of hydrogen-bond acceptors (Lipinski definition) is 3.